The number of nitrogen functional groups attached to an aromatic ring is 1. The van der Waals surface area contributed by atoms with Crippen molar-refractivity contribution in [3.63, 3.8) is 0 Å². The molecule has 118 valence electrons. The van der Waals surface area contributed by atoms with Crippen LogP contribution in [0.4, 0.5) is 5.82 Å². The summed E-state index contributed by atoms with van der Waals surface area (Å²) in [6.07, 6.45) is 3.05. The molecular weight excluding hydrogens is 296 g/mol. The Kier molecular flexibility index (Phi) is 4.84. The van der Waals surface area contributed by atoms with E-state index in [4.69, 9.17) is 5.73 Å². The number of aromatic nitrogens is 2. The van der Waals surface area contributed by atoms with Crippen LogP contribution in [0.3, 0.4) is 0 Å². The molecule has 0 unspecified atom stereocenters. The quantitative estimate of drug-likeness (QED) is 0.766. The van der Waals surface area contributed by atoms with Gasteiger partial charge in [0.25, 0.3) is 0 Å². The molecule has 0 aliphatic carbocycles. The van der Waals surface area contributed by atoms with Crippen molar-refractivity contribution in [2.24, 2.45) is 0 Å². The Morgan fingerprint density at radius 2 is 2.14 bits per heavy atom. The first kappa shape index (κ1) is 15.8. The Balaban J connectivity index is 1.89. The fourth-order valence-electron chi connectivity index (χ4n) is 2.38. The van der Waals surface area contributed by atoms with E-state index in [0.29, 0.717) is 31.7 Å². The van der Waals surface area contributed by atoms with E-state index in [1.54, 1.807) is 16.9 Å². The maximum absolute atomic E-state index is 12.1. The van der Waals surface area contributed by atoms with Gasteiger partial charge < -0.3 is 10.5 Å². The maximum Gasteiger partial charge on any atom is 0.306 e. The number of nitrogens with two attached hydrogens (primary N) is 1. The first-order valence-electron chi connectivity index (χ1n) is 6.77. The monoisotopic (exact) mass is 316 g/mol. The van der Waals surface area contributed by atoms with Gasteiger partial charge in [-0.25, -0.2) is 12.7 Å². The normalized spacial score (nSPS) is 17.8. The highest BCUT2D eigenvalue weighted by molar-refractivity contribution is 7.89. The summed E-state index contributed by atoms with van der Waals surface area (Å²) >= 11 is 0. The van der Waals surface area contributed by atoms with E-state index in [-0.39, 0.29) is 18.2 Å². The third-order valence-corrected chi connectivity index (χ3v) is 5.48. The first-order chi connectivity index (χ1) is 9.92. The molecule has 0 amide bonds. The number of carbonyl (C=O) groups is 1. The highest BCUT2D eigenvalue weighted by Gasteiger charge is 2.29. The van der Waals surface area contributed by atoms with Crippen LogP contribution in [-0.4, -0.2) is 54.4 Å². The van der Waals surface area contributed by atoms with Gasteiger partial charge in [0.15, 0.2) is 0 Å². The van der Waals surface area contributed by atoms with Crippen molar-refractivity contribution < 1.29 is 17.9 Å². The summed E-state index contributed by atoms with van der Waals surface area (Å²) < 4.78 is 31.9. The van der Waals surface area contributed by atoms with Crippen molar-refractivity contribution in [3.05, 3.63) is 12.3 Å². The molecule has 21 heavy (non-hydrogen) atoms. The van der Waals surface area contributed by atoms with Gasteiger partial charge in [0.1, 0.15) is 5.82 Å². The summed E-state index contributed by atoms with van der Waals surface area (Å²) in [4.78, 5) is 11.1. The van der Waals surface area contributed by atoms with E-state index in [9.17, 15) is 13.2 Å². The lowest BCUT2D eigenvalue weighted by Gasteiger charge is -2.31. The first-order valence-corrected chi connectivity index (χ1v) is 8.38. The van der Waals surface area contributed by atoms with E-state index >= 15 is 0 Å². The molecule has 0 saturated carbocycles. The summed E-state index contributed by atoms with van der Waals surface area (Å²) in [5, 5.41) is 4.16. The molecular formula is C12H20N4O4S. The van der Waals surface area contributed by atoms with Crippen molar-refractivity contribution >= 4 is 21.8 Å². The van der Waals surface area contributed by atoms with E-state index in [0.717, 1.165) is 0 Å². The van der Waals surface area contributed by atoms with Crippen molar-refractivity contribution in [2.45, 2.75) is 25.3 Å². The summed E-state index contributed by atoms with van der Waals surface area (Å²) in [6, 6.07) is 1.88. The average molecular weight is 316 g/mol. The van der Waals surface area contributed by atoms with Gasteiger partial charge in [0, 0.05) is 19.3 Å². The van der Waals surface area contributed by atoms with Gasteiger partial charge in [0.05, 0.1) is 25.3 Å². The highest BCUT2D eigenvalue weighted by atomic mass is 32.2. The molecule has 2 N–H and O–H groups in total. The molecule has 0 spiro atoms. The Morgan fingerprint density at radius 1 is 1.48 bits per heavy atom. The molecule has 0 aromatic carbocycles. The fraction of sp³-hybridized carbons (Fsp3) is 0.667. The molecule has 1 aromatic rings. The number of ether oxygens (including phenoxy) is 1. The summed E-state index contributed by atoms with van der Waals surface area (Å²) in [5.41, 5.74) is 5.58. The van der Waals surface area contributed by atoms with Crippen LogP contribution in [0.5, 0.6) is 0 Å². The number of esters is 1. The predicted molar refractivity (Wildman–Crippen MR) is 76.9 cm³/mol. The maximum atomic E-state index is 12.1. The van der Waals surface area contributed by atoms with Gasteiger partial charge in [-0.15, -0.1) is 0 Å². The highest BCUT2D eigenvalue weighted by Crippen LogP contribution is 2.24. The topological polar surface area (TPSA) is 108 Å². The number of anilines is 1. The molecule has 1 aliphatic heterocycles. The molecule has 1 fully saturated rings. The second-order valence-electron chi connectivity index (χ2n) is 4.99. The van der Waals surface area contributed by atoms with Crippen LogP contribution in [0.1, 0.15) is 25.3 Å². The number of hydrogen-bond acceptors (Lipinski definition) is 6. The van der Waals surface area contributed by atoms with Gasteiger partial charge in [-0.1, -0.05) is 0 Å². The number of rotatable bonds is 5. The minimum Gasteiger partial charge on any atom is -0.469 e. The lowest BCUT2D eigenvalue weighted by Crippen LogP contribution is -2.40. The molecule has 0 atom stereocenters. The minimum absolute atomic E-state index is 0.117. The standard InChI is InChI=1S/C12H20N4O4S/c1-20-12(17)5-9-21(18,19)15-6-2-10(3-7-15)16-8-4-11(13)14-16/h4,8,10H,2-3,5-7,9H2,1H3,(H2,13,14). The average Bonchev–Trinajstić information content (AvgIpc) is 2.91. The molecule has 2 rings (SSSR count). The van der Waals surface area contributed by atoms with Crippen LogP contribution in [0, 0.1) is 0 Å². The molecule has 9 heteroatoms. The SMILES string of the molecule is COC(=O)CCS(=O)(=O)N1CCC(n2ccc(N)n2)CC1. The van der Waals surface area contributed by atoms with E-state index < -0.39 is 16.0 Å². The lowest BCUT2D eigenvalue weighted by atomic mass is 10.1. The van der Waals surface area contributed by atoms with Crippen molar-refractivity contribution in [1.82, 2.24) is 14.1 Å². The van der Waals surface area contributed by atoms with Crippen LogP contribution in [0.15, 0.2) is 12.3 Å². The largest absolute Gasteiger partial charge is 0.469 e. The Bertz CT molecular complexity index is 590. The van der Waals surface area contributed by atoms with Gasteiger partial charge in [-0.2, -0.15) is 5.10 Å². The number of methoxy groups -OCH3 is 1. The number of nitrogens with zero attached hydrogens (tertiary/aromatic N) is 3. The number of carbonyl (C=O) groups excluding carboxylic acids is 1. The molecule has 8 nitrogen and oxygen atoms in total. The second kappa shape index (κ2) is 6.44. The Labute approximate surface area is 123 Å². The second-order valence-corrected chi connectivity index (χ2v) is 7.08. The zero-order chi connectivity index (χ0) is 15.5. The van der Waals surface area contributed by atoms with Crippen LogP contribution in [-0.2, 0) is 19.6 Å². The number of hydrogen-bond donors (Lipinski definition) is 1. The molecule has 2 heterocycles. The Hall–Kier alpha value is -1.61. The van der Waals surface area contributed by atoms with Crippen molar-refractivity contribution in [1.29, 1.82) is 0 Å². The molecule has 1 aromatic heterocycles. The Morgan fingerprint density at radius 3 is 2.67 bits per heavy atom. The summed E-state index contributed by atoms with van der Waals surface area (Å²) in [6.45, 7) is 0.849. The smallest absolute Gasteiger partial charge is 0.306 e. The van der Waals surface area contributed by atoms with E-state index in [1.165, 1.54) is 11.4 Å². The zero-order valence-electron chi connectivity index (χ0n) is 11.9. The number of sulfonamides is 1. The molecule has 1 aliphatic rings. The summed E-state index contributed by atoms with van der Waals surface area (Å²) in [7, 11) is -2.16. The van der Waals surface area contributed by atoms with Crippen LogP contribution in [0.25, 0.3) is 0 Å². The van der Waals surface area contributed by atoms with Gasteiger partial charge in [-0.3, -0.25) is 9.48 Å². The van der Waals surface area contributed by atoms with Crippen LogP contribution in [0.2, 0.25) is 0 Å². The van der Waals surface area contributed by atoms with Gasteiger partial charge in [0.2, 0.25) is 10.0 Å². The van der Waals surface area contributed by atoms with E-state index in [1.807, 2.05) is 0 Å². The van der Waals surface area contributed by atoms with Crippen LogP contribution >= 0.6 is 0 Å². The lowest BCUT2D eigenvalue weighted by molar-refractivity contribution is -0.140. The van der Waals surface area contributed by atoms with Gasteiger partial charge >= 0.3 is 5.97 Å². The third-order valence-electron chi connectivity index (χ3n) is 3.61. The number of piperidine rings is 1. The predicted octanol–water partition coefficient (Wildman–Crippen LogP) is -0.00490. The van der Waals surface area contributed by atoms with Crippen molar-refractivity contribution in [3.8, 4) is 0 Å². The fourth-order valence-corrected chi connectivity index (χ4v) is 3.83. The van der Waals surface area contributed by atoms with Crippen LogP contribution < -0.4 is 5.73 Å². The van der Waals surface area contributed by atoms with Crippen molar-refractivity contribution in [2.75, 3.05) is 31.7 Å². The minimum atomic E-state index is -3.41. The molecule has 1 saturated heterocycles. The summed E-state index contributed by atoms with van der Waals surface area (Å²) in [5.74, 6) is -0.261. The third kappa shape index (κ3) is 3.94. The van der Waals surface area contributed by atoms with Gasteiger partial charge in [-0.05, 0) is 18.9 Å². The van der Waals surface area contributed by atoms with E-state index in [2.05, 4.69) is 9.84 Å². The molecule has 0 bridgehead atoms. The zero-order valence-corrected chi connectivity index (χ0v) is 12.8. The molecule has 0 radical (unpaired) electrons.